The van der Waals surface area contributed by atoms with Crippen molar-refractivity contribution in [3.05, 3.63) is 24.4 Å². The molecule has 0 aliphatic carbocycles. The van der Waals surface area contributed by atoms with E-state index in [1.165, 1.54) is 6.20 Å². The summed E-state index contributed by atoms with van der Waals surface area (Å²) < 4.78 is 42.0. The third kappa shape index (κ3) is 2.44. The molecule has 0 aliphatic rings. The van der Waals surface area contributed by atoms with Crippen LogP contribution in [0.3, 0.4) is 0 Å². The lowest BCUT2D eigenvalue weighted by atomic mass is 10.2. The van der Waals surface area contributed by atoms with Crippen LogP contribution in [0.1, 0.15) is 6.92 Å². The Morgan fingerprint density at radius 3 is 2.72 bits per heavy atom. The predicted octanol–water partition coefficient (Wildman–Crippen LogP) is 2.54. The lowest BCUT2D eigenvalue weighted by Crippen LogP contribution is -2.31. The van der Waals surface area contributed by atoms with Gasteiger partial charge in [0, 0.05) is 16.5 Å². The van der Waals surface area contributed by atoms with Gasteiger partial charge in [-0.1, -0.05) is 0 Å². The fourth-order valence-electron chi connectivity index (χ4n) is 1.40. The van der Waals surface area contributed by atoms with Crippen LogP contribution >= 0.6 is 0 Å². The van der Waals surface area contributed by atoms with Gasteiger partial charge in [0.1, 0.15) is 0 Å². The number of ether oxygens (including phenoxy) is 1. The molecule has 2 rings (SSSR count). The van der Waals surface area contributed by atoms with E-state index in [1.54, 1.807) is 18.2 Å². The fraction of sp³-hybridized carbons (Fsp3) is 0.273. The number of nitrogens with zero attached hydrogens (tertiary/aromatic N) is 2. The number of nitrogens with two attached hydrogens (primary N) is 1. The summed E-state index contributed by atoms with van der Waals surface area (Å²) in [6.07, 6.45) is -4.98. The second kappa shape index (κ2) is 4.32. The Hall–Kier alpha value is -2.05. The summed E-state index contributed by atoms with van der Waals surface area (Å²) in [5, 5.41) is 8.19. The van der Waals surface area contributed by atoms with Crippen LogP contribution in [0.5, 0.6) is 5.88 Å². The second-order valence-corrected chi connectivity index (χ2v) is 3.80. The summed E-state index contributed by atoms with van der Waals surface area (Å²) in [5.41, 5.74) is 6.07. The monoisotopic (exact) mass is 257 g/mol. The zero-order valence-electron chi connectivity index (χ0n) is 9.40. The van der Waals surface area contributed by atoms with E-state index in [9.17, 15) is 13.2 Å². The van der Waals surface area contributed by atoms with Gasteiger partial charge in [0.25, 0.3) is 0 Å². The molecule has 1 atom stereocenters. The molecule has 0 bridgehead atoms. The summed E-state index contributed by atoms with van der Waals surface area (Å²) in [6.45, 7) is 0.914. The molecule has 0 fully saturated rings. The Morgan fingerprint density at radius 2 is 2.06 bits per heavy atom. The highest BCUT2D eigenvalue weighted by Gasteiger charge is 2.38. The topological polar surface area (TPSA) is 61.0 Å². The summed E-state index contributed by atoms with van der Waals surface area (Å²) in [6, 6.07) is 4.71. The Balaban J connectivity index is 2.40. The standard InChI is InChI=1S/C11H10F3N3O/c1-6(11(12,13)14)18-10-9-3-2-8(15)4-7(9)5-16-17-10/h2-6H,15H2,1H3. The number of nitrogen functional groups attached to an aromatic ring is 1. The van der Waals surface area contributed by atoms with Gasteiger partial charge < -0.3 is 10.5 Å². The molecule has 1 aromatic heterocycles. The number of hydrogen-bond donors (Lipinski definition) is 1. The summed E-state index contributed by atoms with van der Waals surface area (Å²) in [5.74, 6) is -0.155. The average Bonchev–Trinajstić information content (AvgIpc) is 2.27. The molecular formula is C11H10F3N3O. The van der Waals surface area contributed by atoms with Crippen molar-refractivity contribution in [1.29, 1.82) is 0 Å². The largest absolute Gasteiger partial charge is 0.463 e. The van der Waals surface area contributed by atoms with Crippen molar-refractivity contribution in [2.24, 2.45) is 0 Å². The van der Waals surface area contributed by atoms with E-state index in [-0.39, 0.29) is 5.88 Å². The Labute approximate surface area is 101 Å². The second-order valence-electron chi connectivity index (χ2n) is 3.80. The third-order valence-electron chi connectivity index (χ3n) is 2.40. The molecule has 0 amide bonds. The highest BCUT2D eigenvalue weighted by molar-refractivity contribution is 5.88. The maximum atomic E-state index is 12.4. The first kappa shape index (κ1) is 12.4. The van der Waals surface area contributed by atoms with Crippen LogP contribution in [0.25, 0.3) is 10.8 Å². The Kier molecular flexibility index (Phi) is 2.98. The quantitative estimate of drug-likeness (QED) is 0.840. The highest BCUT2D eigenvalue weighted by Crippen LogP contribution is 2.28. The first-order chi connectivity index (χ1) is 8.38. The Morgan fingerprint density at radius 1 is 1.33 bits per heavy atom. The van der Waals surface area contributed by atoms with Crippen LogP contribution in [-0.4, -0.2) is 22.5 Å². The van der Waals surface area contributed by atoms with Crippen LogP contribution in [0, 0.1) is 0 Å². The van der Waals surface area contributed by atoms with Gasteiger partial charge in [-0.25, -0.2) is 0 Å². The molecule has 1 aromatic carbocycles. The van der Waals surface area contributed by atoms with E-state index in [0.717, 1.165) is 6.92 Å². The molecule has 0 saturated heterocycles. The maximum Gasteiger partial charge on any atom is 0.425 e. The lowest BCUT2D eigenvalue weighted by Gasteiger charge is -2.17. The summed E-state index contributed by atoms with van der Waals surface area (Å²) in [4.78, 5) is 0. The van der Waals surface area contributed by atoms with Gasteiger partial charge in [-0.3, -0.25) is 0 Å². The summed E-state index contributed by atoms with van der Waals surface area (Å²) in [7, 11) is 0. The van der Waals surface area contributed by atoms with Crippen molar-refractivity contribution in [1.82, 2.24) is 10.2 Å². The van der Waals surface area contributed by atoms with Crippen molar-refractivity contribution in [3.8, 4) is 5.88 Å². The van der Waals surface area contributed by atoms with Gasteiger partial charge in [0.2, 0.25) is 5.88 Å². The van der Waals surface area contributed by atoms with E-state index in [0.29, 0.717) is 16.5 Å². The molecule has 2 N–H and O–H groups in total. The van der Waals surface area contributed by atoms with E-state index >= 15 is 0 Å². The molecule has 2 aromatic rings. The van der Waals surface area contributed by atoms with E-state index in [4.69, 9.17) is 10.5 Å². The zero-order valence-corrected chi connectivity index (χ0v) is 9.40. The van der Waals surface area contributed by atoms with Crippen molar-refractivity contribution < 1.29 is 17.9 Å². The van der Waals surface area contributed by atoms with Gasteiger partial charge in [-0.15, -0.1) is 5.10 Å². The summed E-state index contributed by atoms with van der Waals surface area (Å²) >= 11 is 0. The molecule has 4 nitrogen and oxygen atoms in total. The van der Waals surface area contributed by atoms with Crippen molar-refractivity contribution in [2.45, 2.75) is 19.2 Å². The van der Waals surface area contributed by atoms with Gasteiger partial charge in [0.15, 0.2) is 6.10 Å². The van der Waals surface area contributed by atoms with Crippen LogP contribution in [0.2, 0.25) is 0 Å². The van der Waals surface area contributed by atoms with Gasteiger partial charge in [-0.05, 0) is 25.1 Å². The van der Waals surface area contributed by atoms with E-state index in [2.05, 4.69) is 10.2 Å². The van der Waals surface area contributed by atoms with Gasteiger partial charge in [0.05, 0.1) is 6.20 Å². The van der Waals surface area contributed by atoms with Crippen molar-refractivity contribution in [2.75, 3.05) is 5.73 Å². The Bertz CT molecular complexity index is 571. The number of alkyl halides is 3. The van der Waals surface area contributed by atoms with Gasteiger partial charge >= 0.3 is 6.18 Å². The smallest absolute Gasteiger partial charge is 0.425 e. The normalized spacial score (nSPS) is 13.6. The molecule has 0 saturated carbocycles. The molecule has 7 heteroatoms. The van der Waals surface area contributed by atoms with Crippen molar-refractivity contribution >= 4 is 16.5 Å². The number of rotatable bonds is 2. The lowest BCUT2D eigenvalue weighted by molar-refractivity contribution is -0.189. The minimum atomic E-state index is -4.45. The van der Waals surface area contributed by atoms with Crippen LogP contribution in [0.4, 0.5) is 18.9 Å². The first-order valence-corrected chi connectivity index (χ1v) is 5.12. The highest BCUT2D eigenvalue weighted by atomic mass is 19.4. The number of fused-ring (bicyclic) bond motifs is 1. The molecule has 18 heavy (non-hydrogen) atoms. The predicted molar refractivity (Wildman–Crippen MR) is 60.1 cm³/mol. The minimum Gasteiger partial charge on any atom is -0.463 e. The molecule has 96 valence electrons. The van der Waals surface area contributed by atoms with E-state index < -0.39 is 12.3 Å². The first-order valence-electron chi connectivity index (χ1n) is 5.12. The van der Waals surface area contributed by atoms with E-state index in [1.807, 2.05) is 0 Å². The van der Waals surface area contributed by atoms with Crippen LogP contribution in [0.15, 0.2) is 24.4 Å². The average molecular weight is 257 g/mol. The molecule has 0 radical (unpaired) electrons. The molecule has 1 unspecified atom stereocenters. The molecule has 0 aliphatic heterocycles. The SMILES string of the molecule is CC(Oc1nncc2cc(N)ccc12)C(F)(F)F. The van der Waals surface area contributed by atoms with Crippen LogP contribution < -0.4 is 10.5 Å². The van der Waals surface area contributed by atoms with Gasteiger partial charge in [-0.2, -0.15) is 18.3 Å². The third-order valence-corrected chi connectivity index (χ3v) is 2.40. The number of aromatic nitrogens is 2. The number of halogens is 3. The molecular weight excluding hydrogens is 247 g/mol. The maximum absolute atomic E-state index is 12.4. The molecule has 1 heterocycles. The van der Waals surface area contributed by atoms with Crippen LogP contribution in [-0.2, 0) is 0 Å². The fourth-order valence-corrected chi connectivity index (χ4v) is 1.40. The van der Waals surface area contributed by atoms with Crippen molar-refractivity contribution in [3.63, 3.8) is 0 Å². The number of hydrogen-bond acceptors (Lipinski definition) is 4. The minimum absolute atomic E-state index is 0.155. The number of anilines is 1. The number of benzene rings is 1. The zero-order chi connectivity index (χ0) is 13.3. The molecule has 0 spiro atoms.